The van der Waals surface area contributed by atoms with E-state index in [1.165, 1.54) is 6.34 Å². The minimum absolute atomic E-state index is 0.113. The largest absolute Gasteiger partial charge is 0.358 e. The maximum atomic E-state index is 10.7. The van der Waals surface area contributed by atoms with E-state index in [0.717, 1.165) is 13.1 Å². The summed E-state index contributed by atoms with van der Waals surface area (Å²) < 4.78 is 0. The van der Waals surface area contributed by atoms with Gasteiger partial charge in [-0.25, -0.2) is 0 Å². The van der Waals surface area contributed by atoms with Crippen molar-refractivity contribution in [2.75, 3.05) is 40.8 Å². The molecule has 0 aliphatic rings. The molecule has 0 aromatic rings. The molecular weight excluding hydrogens is 194 g/mol. The van der Waals surface area contributed by atoms with Gasteiger partial charge in [0.15, 0.2) is 0 Å². The van der Waals surface area contributed by atoms with Gasteiger partial charge in [-0.1, -0.05) is 0 Å². The Kier molecular flexibility index (Phi) is 8.27. The molecule has 0 aliphatic heterocycles. The predicted octanol–water partition coefficient (Wildman–Crippen LogP) is -1.06. The van der Waals surface area contributed by atoms with Gasteiger partial charge < -0.3 is 15.5 Å². The number of likely N-dealkylation sites (N-methyl/N-ethyl adjacent to an activating group) is 2. The minimum atomic E-state index is -0.113. The maximum absolute atomic E-state index is 10.7. The van der Waals surface area contributed by atoms with Crippen LogP contribution >= 0.6 is 0 Å². The summed E-state index contributed by atoms with van der Waals surface area (Å²) in [7, 11) is 5.57. The molecule has 0 heterocycles. The van der Waals surface area contributed by atoms with Gasteiger partial charge in [-0.3, -0.25) is 14.8 Å². The van der Waals surface area contributed by atoms with Gasteiger partial charge in [-0.2, -0.15) is 0 Å². The topological polar surface area (TPSA) is 69.1 Å². The van der Waals surface area contributed by atoms with Crippen LogP contribution in [0.4, 0.5) is 0 Å². The van der Waals surface area contributed by atoms with Crippen molar-refractivity contribution in [3.05, 3.63) is 0 Å². The number of nitrogens with zero attached hydrogens (tertiary/aromatic N) is 3. The van der Waals surface area contributed by atoms with Crippen LogP contribution in [0.5, 0.6) is 0 Å². The molecule has 0 rings (SSSR count). The van der Waals surface area contributed by atoms with Crippen LogP contribution in [0, 0.1) is 0 Å². The van der Waals surface area contributed by atoms with E-state index in [2.05, 4.69) is 25.5 Å². The Bertz CT molecular complexity index is 225. The number of nitrogens with one attached hydrogen (secondary N) is 2. The highest BCUT2D eigenvalue weighted by molar-refractivity contribution is 5.81. The summed E-state index contributed by atoms with van der Waals surface area (Å²) in [4.78, 5) is 20.7. The SMILES string of the molecule is CNC(=O)CN=CNC=NCCN(C)C. The smallest absolute Gasteiger partial charge is 0.241 e. The Morgan fingerprint density at radius 2 is 2.00 bits per heavy atom. The van der Waals surface area contributed by atoms with E-state index in [1.54, 1.807) is 13.4 Å². The number of aliphatic imine (C=N–C) groups is 2. The molecule has 0 bridgehead atoms. The van der Waals surface area contributed by atoms with Crippen molar-refractivity contribution < 1.29 is 4.79 Å². The lowest BCUT2D eigenvalue weighted by molar-refractivity contribution is -0.119. The molecule has 6 heteroatoms. The van der Waals surface area contributed by atoms with E-state index in [1.807, 2.05) is 14.1 Å². The van der Waals surface area contributed by atoms with Crippen molar-refractivity contribution in [2.24, 2.45) is 9.98 Å². The third-order valence-corrected chi connectivity index (χ3v) is 1.52. The normalized spacial score (nSPS) is 11.5. The number of carbonyl (C=O) groups is 1. The number of hydrogen-bond donors (Lipinski definition) is 2. The van der Waals surface area contributed by atoms with Crippen molar-refractivity contribution in [2.45, 2.75) is 0 Å². The number of rotatable bonds is 7. The third-order valence-electron chi connectivity index (χ3n) is 1.52. The average Bonchev–Trinajstić information content (AvgIpc) is 2.21. The van der Waals surface area contributed by atoms with Gasteiger partial charge in [0, 0.05) is 13.6 Å². The van der Waals surface area contributed by atoms with Crippen molar-refractivity contribution in [1.29, 1.82) is 0 Å². The molecule has 0 unspecified atom stereocenters. The number of hydrogen-bond acceptors (Lipinski definition) is 4. The first-order chi connectivity index (χ1) is 7.16. The molecule has 0 aromatic heterocycles. The van der Waals surface area contributed by atoms with Gasteiger partial charge in [0.25, 0.3) is 0 Å². The molecule has 0 saturated heterocycles. The molecule has 15 heavy (non-hydrogen) atoms. The van der Waals surface area contributed by atoms with Gasteiger partial charge >= 0.3 is 0 Å². The molecule has 0 spiro atoms. The van der Waals surface area contributed by atoms with Crippen LogP contribution in [0.15, 0.2) is 9.98 Å². The van der Waals surface area contributed by atoms with Crippen LogP contribution in [0.1, 0.15) is 0 Å². The first kappa shape index (κ1) is 13.6. The zero-order chi connectivity index (χ0) is 11.5. The molecule has 86 valence electrons. The number of carbonyl (C=O) groups excluding carboxylic acids is 1. The van der Waals surface area contributed by atoms with Gasteiger partial charge in [0.05, 0.1) is 19.2 Å². The van der Waals surface area contributed by atoms with Crippen molar-refractivity contribution in [3.8, 4) is 0 Å². The quantitative estimate of drug-likeness (QED) is 0.418. The lowest BCUT2D eigenvalue weighted by Gasteiger charge is -2.04. The van der Waals surface area contributed by atoms with Gasteiger partial charge in [-0.15, -0.1) is 0 Å². The Labute approximate surface area is 90.5 Å². The minimum Gasteiger partial charge on any atom is -0.358 e. The van der Waals surface area contributed by atoms with E-state index in [0.29, 0.717) is 0 Å². The van der Waals surface area contributed by atoms with Crippen molar-refractivity contribution in [1.82, 2.24) is 15.5 Å². The van der Waals surface area contributed by atoms with Crippen molar-refractivity contribution in [3.63, 3.8) is 0 Å². The second kappa shape index (κ2) is 9.14. The first-order valence-electron chi connectivity index (χ1n) is 4.74. The zero-order valence-electron chi connectivity index (χ0n) is 9.53. The molecular formula is C9H19N5O. The Balaban J connectivity index is 3.40. The first-order valence-corrected chi connectivity index (χ1v) is 4.74. The fraction of sp³-hybridized carbons (Fsp3) is 0.667. The molecule has 0 atom stereocenters. The van der Waals surface area contributed by atoms with E-state index in [-0.39, 0.29) is 12.5 Å². The molecule has 0 saturated carbocycles. The average molecular weight is 213 g/mol. The second-order valence-corrected chi connectivity index (χ2v) is 3.15. The summed E-state index contributed by atoms with van der Waals surface area (Å²) in [6.45, 7) is 1.78. The summed E-state index contributed by atoms with van der Waals surface area (Å²) in [6, 6.07) is 0. The van der Waals surface area contributed by atoms with Crippen LogP contribution in [0.2, 0.25) is 0 Å². The maximum Gasteiger partial charge on any atom is 0.241 e. The lowest BCUT2D eigenvalue weighted by atomic mass is 10.6. The second-order valence-electron chi connectivity index (χ2n) is 3.15. The molecule has 2 N–H and O–H groups in total. The van der Waals surface area contributed by atoms with Crippen molar-refractivity contribution >= 4 is 18.6 Å². The van der Waals surface area contributed by atoms with Crippen LogP contribution in [-0.4, -0.2) is 64.3 Å². The zero-order valence-corrected chi connectivity index (χ0v) is 9.53. The fourth-order valence-electron chi connectivity index (χ4n) is 0.669. The highest BCUT2D eigenvalue weighted by atomic mass is 16.1. The number of amides is 1. The fourth-order valence-corrected chi connectivity index (χ4v) is 0.669. The van der Waals surface area contributed by atoms with E-state index >= 15 is 0 Å². The highest BCUT2D eigenvalue weighted by Crippen LogP contribution is 1.73. The molecule has 0 radical (unpaired) electrons. The summed E-state index contributed by atoms with van der Waals surface area (Å²) in [5.74, 6) is -0.113. The predicted molar refractivity (Wildman–Crippen MR) is 62.5 cm³/mol. The van der Waals surface area contributed by atoms with Crippen LogP contribution in [0.3, 0.4) is 0 Å². The standard InChI is InChI=1S/C9H19N5O/c1-10-9(15)6-12-8-13-7-11-4-5-14(2)3/h7-8H,4-6H2,1-3H3,(H,10,15)(H,11,12,13). The van der Waals surface area contributed by atoms with Crippen LogP contribution in [-0.2, 0) is 4.79 Å². The Morgan fingerprint density at radius 3 is 2.60 bits per heavy atom. The highest BCUT2D eigenvalue weighted by Gasteiger charge is 1.90. The summed E-state index contributed by atoms with van der Waals surface area (Å²) in [6.07, 6.45) is 3.02. The summed E-state index contributed by atoms with van der Waals surface area (Å²) >= 11 is 0. The van der Waals surface area contributed by atoms with E-state index in [4.69, 9.17) is 0 Å². The van der Waals surface area contributed by atoms with Crippen LogP contribution < -0.4 is 10.6 Å². The third kappa shape index (κ3) is 10.5. The molecule has 0 aromatic carbocycles. The summed E-state index contributed by atoms with van der Waals surface area (Å²) in [5.41, 5.74) is 0. The van der Waals surface area contributed by atoms with Gasteiger partial charge in [0.2, 0.25) is 5.91 Å². The Morgan fingerprint density at radius 1 is 1.33 bits per heavy atom. The molecule has 0 aliphatic carbocycles. The van der Waals surface area contributed by atoms with Gasteiger partial charge in [0.1, 0.15) is 6.54 Å². The van der Waals surface area contributed by atoms with Crippen LogP contribution in [0.25, 0.3) is 0 Å². The molecule has 0 fully saturated rings. The monoisotopic (exact) mass is 213 g/mol. The molecule has 6 nitrogen and oxygen atoms in total. The lowest BCUT2D eigenvalue weighted by Crippen LogP contribution is -2.21. The van der Waals surface area contributed by atoms with E-state index < -0.39 is 0 Å². The van der Waals surface area contributed by atoms with Gasteiger partial charge in [-0.05, 0) is 14.1 Å². The summed E-state index contributed by atoms with van der Waals surface area (Å²) in [5, 5.41) is 5.23. The van der Waals surface area contributed by atoms with E-state index in [9.17, 15) is 4.79 Å². The molecule has 1 amide bonds. The Hall–Kier alpha value is -1.43.